The number of aryl methyl sites for hydroxylation is 1. The number of hydrogen-bond acceptors (Lipinski definition) is 5. The summed E-state index contributed by atoms with van der Waals surface area (Å²) in [4.78, 5) is 25.0. The zero-order chi connectivity index (χ0) is 18.0. The van der Waals surface area contributed by atoms with E-state index in [0.29, 0.717) is 35.7 Å². The van der Waals surface area contributed by atoms with Crippen LogP contribution in [0.1, 0.15) is 28.4 Å². The Hall–Kier alpha value is -3.09. The molecule has 0 fully saturated rings. The molecular weight excluding hydrogens is 324 g/mol. The number of fused-ring (bicyclic) bond motifs is 1. The van der Waals surface area contributed by atoms with Crippen molar-refractivity contribution in [3.8, 4) is 11.5 Å². The first-order valence-electron chi connectivity index (χ1n) is 7.92. The van der Waals surface area contributed by atoms with Gasteiger partial charge in [0.05, 0.1) is 4.92 Å². The van der Waals surface area contributed by atoms with Gasteiger partial charge in [-0.25, -0.2) is 0 Å². The van der Waals surface area contributed by atoms with Gasteiger partial charge in [-0.2, -0.15) is 0 Å². The molecule has 0 atom stereocenters. The molecule has 0 aliphatic carbocycles. The molecule has 0 N–H and O–H groups in total. The first-order chi connectivity index (χ1) is 12.0. The van der Waals surface area contributed by atoms with Gasteiger partial charge in [0.2, 0.25) is 6.79 Å². The molecule has 1 aliphatic heterocycles. The quantitative estimate of drug-likeness (QED) is 0.615. The Labute approximate surface area is 144 Å². The van der Waals surface area contributed by atoms with Crippen molar-refractivity contribution in [3.05, 3.63) is 63.2 Å². The van der Waals surface area contributed by atoms with Gasteiger partial charge >= 0.3 is 0 Å². The standard InChI is InChI=1S/C18H18N2O5/c1-3-19(10-13-5-7-16-17(8-13)25-11-24-16)18(21)14-6-4-12(2)15(9-14)20(22)23/h4-9H,3,10-11H2,1-2H3. The molecule has 0 aromatic heterocycles. The number of ether oxygens (including phenoxy) is 2. The minimum absolute atomic E-state index is 0.0509. The number of benzene rings is 2. The zero-order valence-corrected chi connectivity index (χ0v) is 14.0. The minimum Gasteiger partial charge on any atom is -0.454 e. The third-order valence-electron chi connectivity index (χ3n) is 4.13. The van der Waals surface area contributed by atoms with Crippen LogP contribution in [0.15, 0.2) is 36.4 Å². The summed E-state index contributed by atoms with van der Waals surface area (Å²) in [6.07, 6.45) is 0. The molecule has 0 radical (unpaired) electrons. The summed E-state index contributed by atoms with van der Waals surface area (Å²) in [6, 6.07) is 10.1. The zero-order valence-electron chi connectivity index (χ0n) is 14.0. The lowest BCUT2D eigenvalue weighted by Gasteiger charge is -2.21. The average Bonchev–Trinajstić information content (AvgIpc) is 3.07. The van der Waals surface area contributed by atoms with Crippen LogP contribution in [0.25, 0.3) is 0 Å². The van der Waals surface area contributed by atoms with E-state index in [0.717, 1.165) is 5.56 Å². The molecule has 0 unspecified atom stereocenters. The van der Waals surface area contributed by atoms with Gasteiger partial charge in [-0.1, -0.05) is 12.1 Å². The van der Waals surface area contributed by atoms with Crippen molar-refractivity contribution < 1.29 is 19.2 Å². The Morgan fingerprint density at radius 2 is 1.96 bits per heavy atom. The first kappa shape index (κ1) is 16.8. The second-order valence-corrected chi connectivity index (χ2v) is 5.77. The highest BCUT2D eigenvalue weighted by atomic mass is 16.7. The van der Waals surface area contributed by atoms with Crippen molar-refractivity contribution in [2.24, 2.45) is 0 Å². The third kappa shape index (κ3) is 3.40. The molecule has 0 bridgehead atoms. The summed E-state index contributed by atoms with van der Waals surface area (Å²) in [7, 11) is 0. The van der Waals surface area contributed by atoms with E-state index in [9.17, 15) is 14.9 Å². The van der Waals surface area contributed by atoms with Crippen molar-refractivity contribution in [2.45, 2.75) is 20.4 Å². The van der Waals surface area contributed by atoms with Gasteiger partial charge in [-0.15, -0.1) is 0 Å². The lowest BCUT2D eigenvalue weighted by Crippen LogP contribution is -2.30. The molecule has 0 saturated heterocycles. The summed E-state index contributed by atoms with van der Waals surface area (Å²) in [5.74, 6) is 1.10. The SMILES string of the molecule is CCN(Cc1ccc2c(c1)OCO2)C(=O)c1ccc(C)c([N+](=O)[O-])c1. The van der Waals surface area contributed by atoms with Crippen LogP contribution < -0.4 is 9.47 Å². The van der Waals surface area contributed by atoms with E-state index in [2.05, 4.69) is 0 Å². The highest BCUT2D eigenvalue weighted by Gasteiger charge is 2.20. The minimum atomic E-state index is -0.472. The summed E-state index contributed by atoms with van der Waals surface area (Å²) in [6.45, 7) is 4.58. The van der Waals surface area contributed by atoms with Gasteiger partial charge in [0.1, 0.15) is 0 Å². The van der Waals surface area contributed by atoms with Gasteiger partial charge < -0.3 is 14.4 Å². The van der Waals surface area contributed by atoms with Gasteiger partial charge in [0.25, 0.3) is 11.6 Å². The molecule has 25 heavy (non-hydrogen) atoms. The van der Waals surface area contributed by atoms with Crippen molar-refractivity contribution >= 4 is 11.6 Å². The molecule has 7 nitrogen and oxygen atoms in total. The molecule has 1 aliphatic rings. The largest absolute Gasteiger partial charge is 0.454 e. The number of nitro groups is 1. The van der Waals surface area contributed by atoms with Crippen LogP contribution in [0.5, 0.6) is 11.5 Å². The van der Waals surface area contributed by atoms with Crippen LogP contribution in [0.3, 0.4) is 0 Å². The molecular formula is C18H18N2O5. The van der Waals surface area contributed by atoms with Crippen LogP contribution in [-0.4, -0.2) is 29.1 Å². The molecule has 0 spiro atoms. The summed E-state index contributed by atoms with van der Waals surface area (Å²) >= 11 is 0. The molecule has 1 heterocycles. The van der Waals surface area contributed by atoms with Crippen LogP contribution >= 0.6 is 0 Å². The van der Waals surface area contributed by atoms with E-state index < -0.39 is 4.92 Å². The Kier molecular flexibility index (Phi) is 4.56. The summed E-state index contributed by atoms with van der Waals surface area (Å²) in [5, 5.41) is 11.1. The Bertz CT molecular complexity index is 834. The molecule has 130 valence electrons. The lowest BCUT2D eigenvalue weighted by atomic mass is 10.1. The second kappa shape index (κ2) is 6.80. The Morgan fingerprint density at radius 3 is 2.68 bits per heavy atom. The van der Waals surface area contributed by atoms with E-state index in [4.69, 9.17) is 9.47 Å². The third-order valence-corrected chi connectivity index (χ3v) is 4.13. The first-order valence-corrected chi connectivity index (χ1v) is 7.92. The van der Waals surface area contributed by atoms with Crippen molar-refractivity contribution in [1.29, 1.82) is 0 Å². The highest BCUT2D eigenvalue weighted by Crippen LogP contribution is 2.33. The number of carbonyl (C=O) groups is 1. The van der Waals surface area contributed by atoms with Gasteiger partial charge in [0.15, 0.2) is 11.5 Å². The maximum Gasteiger partial charge on any atom is 0.273 e. The smallest absolute Gasteiger partial charge is 0.273 e. The molecule has 2 aromatic rings. The monoisotopic (exact) mass is 342 g/mol. The number of hydrogen-bond donors (Lipinski definition) is 0. The molecule has 3 rings (SSSR count). The van der Waals surface area contributed by atoms with Crippen LogP contribution in [0.2, 0.25) is 0 Å². The van der Waals surface area contributed by atoms with Gasteiger partial charge in [-0.3, -0.25) is 14.9 Å². The maximum atomic E-state index is 12.7. The van der Waals surface area contributed by atoms with Crippen LogP contribution in [0, 0.1) is 17.0 Å². The Morgan fingerprint density at radius 1 is 1.20 bits per heavy atom. The fourth-order valence-electron chi connectivity index (χ4n) is 2.71. The van der Waals surface area contributed by atoms with E-state index in [-0.39, 0.29) is 18.4 Å². The molecule has 1 amide bonds. The normalized spacial score (nSPS) is 12.1. The van der Waals surface area contributed by atoms with Gasteiger partial charge in [0, 0.05) is 30.3 Å². The van der Waals surface area contributed by atoms with E-state index in [1.165, 1.54) is 6.07 Å². The summed E-state index contributed by atoms with van der Waals surface area (Å²) in [5.41, 5.74) is 1.69. The van der Waals surface area contributed by atoms with E-state index >= 15 is 0 Å². The van der Waals surface area contributed by atoms with E-state index in [1.54, 1.807) is 24.0 Å². The predicted octanol–water partition coefficient (Wildman–Crippen LogP) is 3.29. The van der Waals surface area contributed by atoms with Crippen molar-refractivity contribution in [3.63, 3.8) is 0 Å². The Balaban J connectivity index is 1.82. The highest BCUT2D eigenvalue weighted by molar-refractivity contribution is 5.95. The average molecular weight is 342 g/mol. The fourth-order valence-corrected chi connectivity index (χ4v) is 2.71. The van der Waals surface area contributed by atoms with E-state index in [1.807, 2.05) is 25.1 Å². The molecule has 0 saturated carbocycles. The van der Waals surface area contributed by atoms with Crippen LogP contribution in [0.4, 0.5) is 5.69 Å². The number of rotatable bonds is 5. The lowest BCUT2D eigenvalue weighted by molar-refractivity contribution is -0.385. The van der Waals surface area contributed by atoms with Crippen molar-refractivity contribution in [1.82, 2.24) is 4.90 Å². The fraction of sp³-hybridized carbons (Fsp3) is 0.278. The maximum absolute atomic E-state index is 12.7. The van der Waals surface area contributed by atoms with Gasteiger partial charge in [-0.05, 0) is 37.6 Å². The molecule has 2 aromatic carbocycles. The number of nitro benzene ring substituents is 1. The number of nitrogens with zero attached hydrogens (tertiary/aromatic N) is 2. The predicted molar refractivity (Wildman–Crippen MR) is 90.8 cm³/mol. The topological polar surface area (TPSA) is 81.9 Å². The number of carbonyl (C=O) groups excluding carboxylic acids is 1. The second-order valence-electron chi connectivity index (χ2n) is 5.77. The van der Waals surface area contributed by atoms with Crippen molar-refractivity contribution in [2.75, 3.05) is 13.3 Å². The summed E-state index contributed by atoms with van der Waals surface area (Å²) < 4.78 is 10.6. The number of amides is 1. The van der Waals surface area contributed by atoms with Crippen LogP contribution in [-0.2, 0) is 6.54 Å². The molecule has 7 heteroatoms.